The molecule has 13 nitrogen and oxygen atoms in total. The highest BCUT2D eigenvalue weighted by atomic mass is 16.6. The van der Waals surface area contributed by atoms with Gasteiger partial charge in [0.1, 0.15) is 24.6 Å². The van der Waals surface area contributed by atoms with Gasteiger partial charge in [0.15, 0.2) is 23.2 Å². The Labute approximate surface area is 223 Å². The minimum absolute atomic E-state index is 0.145. The maximum Gasteiger partial charge on any atom is 0.256 e. The summed E-state index contributed by atoms with van der Waals surface area (Å²) in [6.07, 6.45) is 2.69. The van der Waals surface area contributed by atoms with Crippen LogP contribution in [0.15, 0.2) is 55.1 Å². The molecule has 0 spiro atoms. The Morgan fingerprint density at radius 3 is 2.72 bits per heavy atom. The first-order chi connectivity index (χ1) is 18.9. The van der Waals surface area contributed by atoms with Crippen LogP contribution in [0.2, 0.25) is 0 Å². The molecule has 204 valence electrons. The molecule has 2 aromatic heterocycles. The molecule has 4 heterocycles. The molecule has 0 bridgehead atoms. The summed E-state index contributed by atoms with van der Waals surface area (Å²) < 4.78 is 7.29. The molecule has 4 atom stereocenters. The second kappa shape index (κ2) is 11.7. The number of hydrogen-bond donors (Lipinski definition) is 4. The van der Waals surface area contributed by atoms with Crippen molar-refractivity contribution < 1.29 is 29.3 Å². The Kier molecular flexibility index (Phi) is 7.91. The lowest BCUT2D eigenvalue weighted by Gasteiger charge is -2.16. The first-order valence-corrected chi connectivity index (χ1v) is 12.7. The molecule has 13 heteroatoms. The Hall–Kier alpha value is -4.20. The van der Waals surface area contributed by atoms with E-state index in [4.69, 9.17) is 4.74 Å². The van der Waals surface area contributed by atoms with Gasteiger partial charge in [-0.15, -0.1) is 0 Å². The van der Waals surface area contributed by atoms with Crippen LogP contribution in [0.25, 0.3) is 11.2 Å². The van der Waals surface area contributed by atoms with Gasteiger partial charge in [-0.2, -0.15) is 0 Å². The van der Waals surface area contributed by atoms with Gasteiger partial charge in [0.2, 0.25) is 11.8 Å². The number of benzene rings is 1. The summed E-state index contributed by atoms with van der Waals surface area (Å²) in [6.45, 7) is 1.76. The fourth-order valence-corrected chi connectivity index (χ4v) is 4.64. The number of amides is 3. The number of carbonyl (C=O) groups is 3. The van der Waals surface area contributed by atoms with E-state index in [9.17, 15) is 24.6 Å². The summed E-state index contributed by atoms with van der Waals surface area (Å²) in [7, 11) is 0. The van der Waals surface area contributed by atoms with Crippen LogP contribution in [-0.4, -0.2) is 90.3 Å². The predicted molar refractivity (Wildman–Crippen MR) is 138 cm³/mol. The van der Waals surface area contributed by atoms with Crippen molar-refractivity contribution in [1.82, 2.24) is 29.7 Å². The van der Waals surface area contributed by atoms with Gasteiger partial charge < -0.3 is 30.5 Å². The molecule has 3 aromatic rings. The Balaban J connectivity index is 1.20. The number of nitrogens with zero attached hydrogens (tertiary/aromatic N) is 5. The zero-order valence-corrected chi connectivity index (χ0v) is 21.0. The van der Waals surface area contributed by atoms with Crippen molar-refractivity contribution in [2.24, 2.45) is 0 Å². The van der Waals surface area contributed by atoms with Crippen molar-refractivity contribution in [3.63, 3.8) is 0 Å². The zero-order valence-electron chi connectivity index (χ0n) is 21.0. The minimum Gasteiger partial charge on any atom is -0.387 e. The van der Waals surface area contributed by atoms with E-state index in [-0.39, 0.29) is 34.7 Å². The third-order valence-corrected chi connectivity index (χ3v) is 6.69. The number of imidazole rings is 1. The van der Waals surface area contributed by atoms with Gasteiger partial charge in [0, 0.05) is 37.7 Å². The van der Waals surface area contributed by atoms with E-state index in [2.05, 4.69) is 25.6 Å². The summed E-state index contributed by atoms with van der Waals surface area (Å²) in [5, 5.41) is 26.7. The van der Waals surface area contributed by atoms with Gasteiger partial charge in [-0.25, -0.2) is 15.0 Å². The number of nitrogens with one attached hydrogen (secondary N) is 2. The summed E-state index contributed by atoms with van der Waals surface area (Å²) in [5.41, 5.74) is 1.01. The average Bonchev–Trinajstić information content (AvgIpc) is 3.64. The molecular formula is C26H29N7O6. The predicted octanol–water partition coefficient (Wildman–Crippen LogP) is 0.383. The van der Waals surface area contributed by atoms with Crippen molar-refractivity contribution in [3.05, 3.63) is 60.7 Å². The Morgan fingerprint density at radius 1 is 1.13 bits per heavy atom. The summed E-state index contributed by atoms with van der Waals surface area (Å²) >= 11 is 0. The number of rotatable bonds is 9. The molecule has 39 heavy (non-hydrogen) atoms. The molecular weight excluding hydrogens is 506 g/mol. The van der Waals surface area contributed by atoms with Crippen molar-refractivity contribution in [1.29, 1.82) is 0 Å². The number of hydrogen-bond acceptors (Lipinski definition) is 9. The zero-order chi connectivity index (χ0) is 27.4. The highest BCUT2D eigenvalue weighted by Crippen LogP contribution is 2.32. The number of anilines is 1. The summed E-state index contributed by atoms with van der Waals surface area (Å²) in [4.78, 5) is 50.9. The van der Waals surface area contributed by atoms with Crippen LogP contribution >= 0.6 is 0 Å². The van der Waals surface area contributed by atoms with E-state index >= 15 is 0 Å². The largest absolute Gasteiger partial charge is 0.387 e. The summed E-state index contributed by atoms with van der Waals surface area (Å²) in [5.74, 6) is -0.420. The fraction of sp³-hybridized carbons (Fsp3) is 0.385. The highest BCUT2D eigenvalue weighted by molar-refractivity contribution is 6.06. The second-order valence-electron chi connectivity index (χ2n) is 9.33. The molecule has 0 saturated carbocycles. The van der Waals surface area contributed by atoms with Gasteiger partial charge in [0.25, 0.3) is 5.91 Å². The van der Waals surface area contributed by atoms with E-state index in [1.165, 1.54) is 29.4 Å². The first-order valence-electron chi connectivity index (χ1n) is 12.7. The molecule has 0 aliphatic carbocycles. The third-order valence-electron chi connectivity index (χ3n) is 6.69. The maximum atomic E-state index is 12.6. The van der Waals surface area contributed by atoms with Gasteiger partial charge in [0.05, 0.1) is 6.33 Å². The van der Waals surface area contributed by atoms with E-state index in [1.54, 1.807) is 35.2 Å². The normalized spacial score (nSPS) is 23.1. The maximum absolute atomic E-state index is 12.6. The standard InChI is InChI=1S/C26H29N7O6/c34-18(27-11-5-13-32-12-4-8-19(32)35)10-9-17-21(36)22(37)26(39-17)33-15-30-20-23(28-14-29-24(20)33)31-25(38)16-6-2-1-3-7-16/h1-3,6-7,9-10,14-15,17,21-22,26,36-37H,4-5,8,11-13H2,(H,27,34)(H,28,29,31,38)/b10-9+/t17-,21-,22-,26-/m1/s1. The quantitative estimate of drug-likeness (QED) is 0.223. The molecule has 2 fully saturated rings. The van der Waals surface area contributed by atoms with Gasteiger partial charge >= 0.3 is 0 Å². The number of aliphatic hydroxyl groups excluding tert-OH is 2. The van der Waals surface area contributed by atoms with E-state index in [0.29, 0.717) is 31.5 Å². The van der Waals surface area contributed by atoms with Crippen molar-refractivity contribution in [3.8, 4) is 0 Å². The first kappa shape index (κ1) is 26.4. The van der Waals surface area contributed by atoms with Crippen LogP contribution in [0.3, 0.4) is 0 Å². The van der Waals surface area contributed by atoms with Crippen molar-refractivity contribution in [2.75, 3.05) is 25.0 Å². The number of carbonyl (C=O) groups excluding carboxylic acids is 3. The summed E-state index contributed by atoms with van der Waals surface area (Å²) in [6, 6.07) is 8.63. The van der Waals surface area contributed by atoms with E-state index < -0.39 is 24.5 Å². The van der Waals surface area contributed by atoms with Gasteiger partial charge in [-0.1, -0.05) is 18.2 Å². The molecule has 5 rings (SSSR count). The van der Waals surface area contributed by atoms with Crippen LogP contribution in [0.5, 0.6) is 0 Å². The molecule has 2 aliphatic rings. The minimum atomic E-state index is -1.34. The SMILES string of the molecule is O=C(/C=C/[C@H]1O[C@@H](n2cnc3c(NC(=O)c4ccccc4)ncnc32)[C@H](O)[C@@H]1O)NCCCN1CCCC1=O. The lowest BCUT2D eigenvalue weighted by molar-refractivity contribution is -0.127. The van der Waals surface area contributed by atoms with Crippen molar-refractivity contribution in [2.45, 2.75) is 43.8 Å². The molecule has 2 saturated heterocycles. The van der Waals surface area contributed by atoms with Gasteiger partial charge in [-0.3, -0.25) is 19.0 Å². The molecule has 0 radical (unpaired) electrons. The monoisotopic (exact) mass is 535 g/mol. The molecule has 2 aliphatic heterocycles. The highest BCUT2D eigenvalue weighted by Gasteiger charge is 2.43. The lowest BCUT2D eigenvalue weighted by Crippen LogP contribution is -2.31. The number of aromatic nitrogens is 4. The van der Waals surface area contributed by atoms with Gasteiger partial charge in [-0.05, 0) is 31.1 Å². The van der Waals surface area contributed by atoms with Crippen LogP contribution in [-0.2, 0) is 14.3 Å². The Morgan fingerprint density at radius 2 is 1.95 bits per heavy atom. The fourth-order valence-electron chi connectivity index (χ4n) is 4.64. The van der Waals surface area contributed by atoms with E-state index in [1.807, 2.05) is 0 Å². The van der Waals surface area contributed by atoms with Crippen LogP contribution in [0, 0.1) is 0 Å². The molecule has 0 unspecified atom stereocenters. The second-order valence-corrected chi connectivity index (χ2v) is 9.33. The number of fused-ring (bicyclic) bond motifs is 1. The topological polar surface area (TPSA) is 172 Å². The van der Waals surface area contributed by atoms with Crippen molar-refractivity contribution >= 4 is 34.7 Å². The average molecular weight is 536 g/mol. The van der Waals surface area contributed by atoms with Crippen LogP contribution in [0.1, 0.15) is 35.8 Å². The smallest absolute Gasteiger partial charge is 0.256 e. The third kappa shape index (κ3) is 5.79. The number of likely N-dealkylation sites (tertiary alicyclic amines) is 1. The van der Waals surface area contributed by atoms with E-state index in [0.717, 1.165) is 13.0 Å². The molecule has 3 amide bonds. The van der Waals surface area contributed by atoms with Crippen LogP contribution < -0.4 is 10.6 Å². The molecule has 4 N–H and O–H groups in total. The lowest BCUT2D eigenvalue weighted by atomic mass is 10.1. The number of ether oxygens (including phenoxy) is 1. The molecule has 1 aromatic carbocycles. The number of aliphatic hydroxyl groups is 2. The Bertz CT molecular complexity index is 1380. The van der Waals surface area contributed by atoms with Crippen LogP contribution in [0.4, 0.5) is 5.82 Å².